The third-order valence-electron chi connectivity index (χ3n) is 5.78. The van der Waals surface area contributed by atoms with Crippen molar-refractivity contribution < 1.29 is 14.6 Å². The van der Waals surface area contributed by atoms with E-state index in [0.717, 1.165) is 22.2 Å². The predicted molar refractivity (Wildman–Crippen MR) is 115 cm³/mol. The number of ether oxygens (including phenoxy) is 1. The molecule has 0 aliphatic rings. The summed E-state index contributed by atoms with van der Waals surface area (Å²) in [6.45, 7) is 2.04. The van der Waals surface area contributed by atoms with E-state index >= 15 is 0 Å². The minimum atomic E-state index is -1.04. The lowest BCUT2D eigenvalue weighted by Gasteiger charge is -2.29. The number of hydrogen-bond donors (Lipinski definition) is 3. The number of carboxylic acids is 1. The summed E-state index contributed by atoms with van der Waals surface area (Å²) < 4.78 is 5.45. The normalized spacial score (nSPS) is 13.4. The van der Waals surface area contributed by atoms with Gasteiger partial charge >= 0.3 is 5.97 Å². The van der Waals surface area contributed by atoms with Crippen LogP contribution in [0.4, 0.5) is 0 Å². The lowest BCUT2D eigenvalue weighted by Crippen LogP contribution is -2.27. The van der Waals surface area contributed by atoms with Crippen LogP contribution in [0.2, 0.25) is 0 Å². The molecule has 5 rings (SSSR count). The number of imidazole rings is 1. The Labute approximate surface area is 176 Å². The van der Waals surface area contributed by atoms with Crippen molar-refractivity contribution in [3.63, 3.8) is 0 Å². The van der Waals surface area contributed by atoms with Gasteiger partial charge in [0.15, 0.2) is 0 Å². The van der Waals surface area contributed by atoms with E-state index in [2.05, 4.69) is 20.4 Å². The van der Waals surface area contributed by atoms with Crippen LogP contribution in [0.25, 0.3) is 22.1 Å². The van der Waals surface area contributed by atoms with Gasteiger partial charge in [0, 0.05) is 0 Å². The van der Waals surface area contributed by atoms with E-state index in [-0.39, 0.29) is 5.56 Å². The molecule has 0 fully saturated rings. The smallest absolute Gasteiger partial charge is 0.337 e. The summed E-state index contributed by atoms with van der Waals surface area (Å²) in [7, 11) is 1.54. The Balaban J connectivity index is 1.87. The summed E-state index contributed by atoms with van der Waals surface area (Å²) >= 11 is 0. The summed E-state index contributed by atoms with van der Waals surface area (Å²) in [6, 6.07) is 18.9. The van der Waals surface area contributed by atoms with E-state index in [1.165, 1.54) is 13.2 Å². The number of hydrogen-bond acceptors (Lipinski definition) is 5. The Morgan fingerprint density at radius 2 is 1.84 bits per heavy atom. The summed E-state index contributed by atoms with van der Waals surface area (Å²) in [4.78, 5) is 20.0. The fraction of sp³-hybridized carbons (Fsp3) is 0.130. The Kier molecular flexibility index (Phi) is 4.21. The van der Waals surface area contributed by atoms with Crippen LogP contribution in [0, 0.1) is 0 Å². The van der Waals surface area contributed by atoms with E-state index in [9.17, 15) is 9.90 Å². The first-order valence-electron chi connectivity index (χ1n) is 9.70. The maximum atomic E-state index is 11.8. The molecule has 3 aromatic carbocycles. The molecule has 0 spiro atoms. The highest BCUT2D eigenvalue weighted by molar-refractivity contribution is 6.03. The molecule has 1 unspecified atom stereocenters. The molecule has 3 N–H and O–H groups in total. The quantitative estimate of drug-likeness (QED) is 0.402. The van der Waals surface area contributed by atoms with Crippen LogP contribution in [-0.2, 0) is 5.41 Å². The monoisotopic (exact) mass is 413 g/mol. The van der Waals surface area contributed by atoms with Gasteiger partial charge in [-0.25, -0.2) is 9.78 Å². The number of H-pyrrole nitrogens is 2. The van der Waals surface area contributed by atoms with E-state index in [1.807, 2.05) is 55.5 Å². The van der Waals surface area contributed by atoms with E-state index < -0.39 is 11.4 Å². The Morgan fingerprint density at radius 3 is 2.58 bits per heavy atom. The number of carbonyl (C=O) groups is 1. The van der Waals surface area contributed by atoms with Crippen molar-refractivity contribution in [3.8, 4) is 5.75 Å². The largest absolute Gasteiger partial charge is 0.494 e. The molecule has 0 amide bonds. The van der Waals surface area contributed by atoms with Crippen molar-refractivity contribution in [1.82, 2.24) is 25.4 Å². The molecule has 31 heavy (non-hydrogen) atoms. The fourth-order valence-corrected chi connectivity index (χ4v) is 4.11. The molecule has 0 aliphatic carbocycles. The van der Waals surface area contributed by atoms with Gasteiger partial charge in [0.25, 0.3) is 0 Å². The van der Waals surface area contributed by atoms with Crippen molar-refractivity contribution in [2.45, 2.75) is 12.3 Å². The van der Waals surface area contributed by atoms with Crippen molar-refractivity contribution in [2.75, 3.05) is 7.11 Å². The maximum absolute atomic E-state index is 11.8. The van der Waals surface area contributed by atoms with Crippen molar-refractivity contribution in [3.05, 3.63) is 83.2 Å². The molecule has 2 aromatic heterocycles. The molecule has 0 aliphatic heterocycles. The highest BCUT2D eigenvalue weighted by Crippen LogP contribution is 2.41. The van der Waals surface area contributed by atoms with Gasteiger partial charge in [-0.1, -0.05) is 47.7 Å². The number of aromatic carboxylic acids is 1. The minimum absolute atomic E-state index is 0.129. The number of rotatable bonds is 5. The lowest BCUT2D eigenvalue weighted by atomic mass is 9.75. The second kappa shape index (κ2) is 6.94. The lowest BCUT2D eigenvalue weighted by molar-refractivity contribution is 0.0699. The summed E-state index contributed by atoms with van der Waals surface area (Å²) in [5, 5.41) is 20.9. The zero-order valence-corrected chi connectivity index (χ0v) is 16.9. The number of aromatic nitrogens is 5. The van der Waals surface area contributed by atoms with Gasteiger partial charge < -0.3 is 14.8 Å². The first-order chi connectivity index (χ1) is 15.0. The molecule has 0 bridgehead atoms. The molecule has 0 saturated heterocycles. The van der Waals surface area contributed by atoms with Crippen LogP contribution < -0.4 is 4.74 Å². The first kappa shape index (κ1) is 18.8. The van der Waals surface area contributed by atoms with Crippen LogP contribution in [0.1, 0.15) is 34.2 Å². The molecule has 8 heteroatoms. The molecule has 0 radical (unpaired) electrons. The number of methoxy groups -OCH3 is 1. The molecule has 5 aromatic rings. The molecular weight excluding hydrogens is 394 g/mol. The fourth-order valence-electron chi connectivity index (χ4n) is 4.11. The second-order valence-corrected chi connectivity index (χ2v) is 7.43. The molecule has 1 atom stereocenters. The summed E-state index contributed by atoms with van der Waals surface area (Å²) in [5.74, 6) is 0.0385. The van der Waals surface area contributed by atoms with Gasteiger partial charge in [0.1, 0.15) is 22.6 Å². The standard InChI is InChI=1S/C23H19N5O3/c1-23(13-7-4-3-5-8-13,15-9-6-10-16-19(15)27-28-26-16)22-24-18-14(21(29)30)11-12-17(31-2)20(18)25-22/h3-12H,1-2H3,(H,24,25)(H,29,30)(H,26,27,28). The van der Waals surface area contributed by atoms with Crippen molar-refractivity contribution in [2.24, 2.45) is 0 Å². The predicted octanol–water partition coefficient (Wildman–Crippen LogP) is 3.90. The molecule has 2 heterocycles. The third kappa shape index (κ3) is 2.76. The number of carboxylic acid groups (broad SMARTS) is 1. The zero-order chi connectivity index (χ0) is 21.6. The summed E-state index contributed by atoms with van der Waals surface area (Å²) in [6.07, 6.45) is 0. The number of aromatic amines is 2. The number of nitrogens with zero attached hydrogens (tertiary/aromatic N) is 3. The van der Waals surface area contributed by atoms with Gasteiger partial charge in [0.2, 0.25) is 0 Å². The maximum Gasteiger partial charge on any atom is 0.337 e. The average molecular weight is 413 g/mol. The third-order valence-corrected chi connectivity index (χ3v) is 5.78. The summed E-state index contributed by atoms with van der Waals surface area (Å²) in [5.41, 5.74) is 3.63. The average Bonchev–Trinajstić information content (AvgIpc) is 3.45. The Morgan fingerprint density at radius 1 is 1.03 bits per heavy atom. The second-order valence-electron chi connectivity index (χ2n) is 7.43. The minimum Gasteiger partial charge on any atom is -0.494 e. The highest BCUT2D eigenvalue weighted by Gasteiger charge is 2.37. The molecule has 0 saturated carbocycles. The van der Waals surface area contributed by atoms with E-state index in [1.54, 1.807) is 6.07 Å². The zero-order valence-electron chi connectivity index (χ0n) is 16.9. The number of fused-ring (bicyclic) bond motifs is 2. The molecular formula is C23H19N5O3. The van der Waals surface area contributed by atoms with Crippen LogP contribution >= 0.6 is 0 Å². The van der Waals surface area contributed by atoms with Gasteiger partial charge in [-0.05, 0) is 36.2 Å². The van der Waals surface area contributed by atoms with Gasteiger partial charge in [-0.15, -0.1) is 5.10 Å². The van der Waals surface area contributed by atoms with Gasteiger partial charge in [0.05, 0.1) is 29.1 Å². The first-order valence-corrected chi connectivity index (χ1v) is 9.70. The highest BCUT2D eigenvalue weighted by atomic mass is 16.5. The van der Waals surface area contributed by atoms with Crippen molar-refractivity contribution in [1.29, 1.82) is 0 Å². The van der Waals surface area contributed by atoms with Crippen LogP contribution in [0.3, 0.4) is 0 Å². The van der Waals surface area contributed by atoms with Gasteiger partial charge in [-0.2, -0.15) is 0 Å². The molecule has 154 valence electrons. The van der Waals surface area contributed by atoms with Crippen molar-refractivity contribution >= 4 is 28.0 Å². The van der Waals surface area contributed by atoms with Crippen LogP contribution in [-0.4, -0.2) is 43.6 Å². The molecule has 8 nitrogen and oxygen atoms in total. The number of nitrogens with one attached hydrogen (secondary N) is 2. The van der Waals surface area contributed by atoms with E-state index in [0.29, 0.717) is 22.6 Å². The number of benzene rings is 3. The van der Waals surface area contributed by atoms with Crippen LogP contribution in [0.5, 0.6) is 5.75 Å². The topological polar surface area (TPSA) is 117 Å². The van der Waals surface area contributed by atoms with Gasteiger partial charge in [-0.3, -0.25) is 5.10 Å². The SMILES string of the molecule is COc1ccc(C(=O)O)c2[nH]c(C(C)(c3ccccc3)c3cccc4[nH]nnc34)nc12. The Hall–Kier alpha value is -4.20. The Bertz CT molecular complexity index is 1420. The van der Waals surface area contributed by atoms with Crippen LogP contribution in [0.15, 0.2) is 60.7 Å². The van der Waals surface area contributed by atoms with E-state index in [4.69, 9.17) is 9.72 Å².